The van der Waals surface area contributed by atoms with Crippen molar-refractivity contribution in [2.75, 3.05) is 0 Å². The van der Waals surface area contributed by atoms with Crippen molar-refractivity contribution in [2.45, 2.75) is 25.5 Å². The van der Waals surface area contributed by atoms with Crippen LogP contribution in [0.5, 0.6) is 5.75 Å². The first-order valence-corrected chi connectivity index (χ1v) is 7.49. The Morgan fingerprint density at radius 2 is 1.83 bits per heavy atom. The molecule has 0 spiro atoms. The quantitative estimate of drug-likeness (QED) is 0.757. The lowest BCUT2D eigenvalue weighted by molar-refractivity contribution is -0.145. The number of carboxylic acid groups (broad SMARTS) is 1. The van der Waals surface area contributed by atoms with Crippen LogP contribution in [0, 0.1) is 0 Å². The van der Waals surface area contributed by atoms with E-state index < -0.39 is 17.6 Å². The smallest absolute Gasteiger partial charge is 0.408 e. The van der Waals surface area contributed by atoms with Crippen LogP contribution < -0.4 is 5.32 Å². The van der Waals surface area contributed by atoms with Gasteiger partial charge in [-0.3, -0.25) is 0 Å². The summed E-state index contributed by atoms with van der Waals surface area (Å²) in [6, 6.07) is 14.9. The molecule has 6 heteroatoms. The number of ether oxygens (including phenoxy) is 1. The molecule has 0 heterocycles. The molecule has 3 N–H and O–H groups in total. The number of carboxylic acids is 1. The molecular formula is C18H19NO5. The van der Waals surface area contributed by atoms with Crippen molar-refractivity contribution in [1.82, 2.24) is 5.32 Å². The van der Waals surface area contributed by atoms with E-state index in [0.717, 1.165) is 5.56 Å². The molecule has 0 aliphatic carbocycles. The standard InChI is InChI=1S/C18H19NO5/c1-2-18(16(21)22,14-9-6-10-15(20)11-14)19-17(23)24-12-13-7-4-3-5-8-13/h3-11,20H,2,12H2,1H3,(H,19,23)(H,21,22). The molecular weight excluding hydrogens is 310 g/mol. The highest BCUT2D eigenvalue weighted by molar-refractivity contribution is 5.86. The SMILES string of the molecule is CCC(NC(=O)OCc1ccccc1)(C(=O)O)c1cccc(O)c1. The molecule has 1 unspecified atom stereocenters. The Kier molecular flexibility index (Phi) is 5.42. The number of aliphatic carboxylic acids is 1. The molecule has 2 aromatic rings. The van der Waals surface area contributed by atoms with Gasteiger partial charge in [0.1, 0.15) is 12.4 Å². The second kappa shape index (κ2) is 7.50. The average molecular weight is 329 g/mol. The summed E-state index contributed by atoms with van der Waals surface area (Å²) in [6.07, 6.45) is -0.752. The van der Waals surface area contributed by atoms with Gasteiger partial charge < -0.3 is 20.3 Å². The molecule has 1 atom stereocenters. The fraction of sp³-hybridized carbons (Fsp3) is 0.222. The first-order valence-electron chi connectivity index (χ1n) is 7.49. The third-order valence-corrected chi connectivity index (χ3v) is 3.76. The molecule has 2 rings (SSSR count). The van der Waals surface area contributed by atoms with Gasteiger partial charge in [-0.1, -0.05) is 49.4 Å². The number of phenolic OH excluding ortho intramolecular Hbond substituents is 1. The van der Waals surface area contributed by atoms with Gasteiger partial charge in [-0.05, 0) is 29.7 Å². The number of aromatic hydroxyl groups is 1. The van der Waals surface area contributed by atoms with Crippen LogP contribution in [0.1, 0.15) is 24.5 Å². The van der Waals surface area contributed by atoms with Crippen LogP contribution in [0.15, 0.2) is 54.6 Å². The van der Waals surface area contributed by atoms with E-state index in [1.807, 2.05) is 18.2 Å². The Labute approximate surface area is 139 Å². The molecule has 24 heavy (non-hydrogen) atoms. The summed E-state index contributed by atoms with van der Waals surface area (Å²) in [4.78, 5) is 23.9. The van der Waals surface area contributed by atoms with Crippen LogP contribution in [0.4, 0.5) is 4.79 Å². The number of carbonyl (C=O) groups is 2. The van der Waals surface area contributed by atoms with E-state index in [9.17, 15) is 19.8 Å². The zero-order valence-electron chi connectivity index (χ0n) is 13.2. The second-order valence-corrected chi connectivity index (χ2v) is 5.30. The highest BCUT2D eigenvalue weighted by Crippen LogP contribution is 2.28. The fourth-order valence-electron chi connectivity index (χ4n) is 2.40. The van der Waals surface area contributed by atoms with E-state index in [1.54, 1.807) is 19.1 Å². The summed E-state index contributed by atoms with van der Waals surface area (Å²) in [6.45, 7) is 1.67. The van der Waals surface area contributed by atoms with Crippen molar-refractivity contribution in [3.8, 4) is 5.75 Å². The number of carbonyl (C=O) groups excluding carboxylic acids is 1. The molecule has 0 bridgehead atoms. The number of hydrogen-bond acceptors (Lipinski definition) is 4. The van der Waals surface area contributed by atoms with Crippen molar-refractivity contribution < 1.29 is 24.5 Å². The van der Waals surface area contributed by atoms with E-state index in [2.05, 4.69) is 5.32 Å². The lowest BCUT2D eigenvalue weighted by Crippen LogP contribution is -2.51. The van der Waals surface area contributed by atoms with Crippen LogP contribution >= 0.6 is 0 Å². The van der Waals surface area contributed by atoms with E-state index in [4.69, 9.17) is 4.74 Å². The minimum Gasteiger partial charge on any atom is -0.508 e. The van der Waals surface area contributed by atoms with Gasteiger partial charge in [0, 0.05) is 0 Å². The summed E-state index contributed by atoms with van der Waals surface area (Å²) in [5.41, 5.74) is -0.608. The van der Waals surface area contributed by atoms with Crippen molar-refractivity contribution >= 4 is 12.1 Å². The molecule has 0 aliphatic rings. The molecule has 126 valence electrons. The van der Waals surface area contributed by atoms with Crippen molar-refractivity contribution in [3.63, 3.8) is 0 Å². The first-order chi connectivity index (χ1) is 11.5. The van der Waals surface area contributed by atoms with Crippen molar-refractivity contribution in [1.29, 1.82) is 0 Å². The molecule has 0 saturated carbocycles. The largest absolute Gasteiger partial charge is 0.508 e. The van der Waals surface area contributed by atoms with E-state index in [1.165, 1.54) is 24.3 Å². The Morgan fingerprint density at radius 1 is 1.12 bits per heavy atom. The van der Waals surface area contributed by atoms with Crippen molar-refractivity contribution in [2.24, 2.45) is 0 Å². The summed E-state index contributed by atoms with van der Waals surface area (Å²) >= 11 is 0. The fourth-order valence-corrected chi connectivity index (χ4v) is 2.40. The summed E-state index contributed by atoms with van der Waals surface area (Å²) in [5.74, 6) is -1.31. The van der Waals surface area contributed by atoms with Crippen LogP contribution in [0.3, 0.4) is 0 Å². The summed E-state index contributed by atoms with van der Waals surface area (Å²) < 4.78 is 5.11. The normalized spacial score (nSPS) is 12.9. The summed E-state index contributed by atoms with van der Waals surface area (Å²) in [5, 5.41) is 21.7. The van der Waals surface area contributed by atoms with Gasteiger partial charge in [0.2, 0.25) is 0 Å². The topological polar surface area (TPSA) is 95.9 Å². The van der Waals surface area contributed by atoms with Gasteiger partial charge in [-0.2, -0.15) is 0 Å². The van der Waals surface area contributed by atoms with Crippen LogP contribution in [0.2, 0.25) is 0 Å². The average Bonchev–Trinajstić information content (AvgIpc) is 2.58. The van der Waals surface area contributed by atoms with Crippen LogP contribution in [-0.2, 0) is 21.7 Å². The van der Waals surface area contributed by atoms with Gasteiger partial charge in [0.25, 0.3) is 0 Å². The number of hydrogen-bond donors (Lipinski definition) is 3. The molecule has 0 aliphatic heterocycles. The van der Waals surface area contributed by atoms with Crippen LogP contribution in [0.25, 0.3) is 0 Å². The number of rotatable bonds is 6. The minimum absolute atomic E-state index is 0.0339. The molecule has 0 fully saturated rings. The molecule has 6 nitrogen and oxygen atoms in total. The minimum atomic E-state index is -1.67. The predicted octanol–water partition coefficient (Wildman–Crippen LogP) is 3.01. The van der Waals surface area contributed by atoms with Crippen LogP contribution in [-0.4, -0.2) is 22.3 Å². The van der Waals surface area contributed by atoms with Gasteiger partial charge in [-0.25, -0.2) is 9.59 Å². The van der Waals surface area contributed by atoms with Gasteiger partial charge in [-0.15, -0.1) is 0 Å². The highest BCUT2D eigenvalue weighted by Gasteiger charge is 2.41. The molecule has 0 aromatic heterocycles. The Bertz CT molecular complexity index is 716. The number of amides is 1. The number of alkyl carbamates (subject to hydrolysis) is 1. The zero-order chi connectivity index (χ0) is 17.6. The lowest BCUT2D eigenvalue weighted by atomic mass is 9.87. The monoisotopic (exact) mass is 329 g/mol. The van der Waals surface area contributed by atoms with Crippen molar-refractivity contribution in [3.05, 3.63) is 65.7 Å². The molecule has 0 saturated heterocycles. The summed E-state index contributed by atoms with van der Waals surface area (Å²) in [7, 11) is 0. The molecule has 0 radical (unpaired) electrons. The van der Waals surface area contributed by atoms with Gasteiger partial charge in [0.15, 0.2) is 5.54 Å². The number of phenols is 1. The highest BCUT2D eigenvalue weighted by atomic mass is 16.5. The maximum atomic E-state index is 12.1. The maximum Gasteiger partial charge on any atom is 0.408 e. The van der Waals surface area contributed by atoms with E-state index in [0.29, 0.717) is 0 Å². The third-order valence-electron chi connectivity index (χ3n) is 3.76. The second-order valence-electron chi connectivity index (χ2n) is 5.30. The molecule has 1 amide bonds. The Balaban J connectivity index is 2.17. The Hall–Kier alpha value is -3.02. The van der Waals surface area contributed by atoms with E-state index in [-0.39, 0.29) is 24.3 Å². The predicted molar refractivity (Wildman–Crippen MR) is 87.5 cm³/mol. The number of benzene rings is 2. The van der Waals surface area contributed by atoms with Gasteiger partial charge in [0.05, 0.1) is 0 Å². The lowest BCUT2D eigenvalue weighted by Gasteiger charge is -2.29. The molecule has 2 aromatic carbocycles. The first kappa shape index (κ1) is 17.3. The van der Waals surface area contributed by atoms with Gasteiger partial charge >= 0.3 is 12.1 Å². The third kappa shape index (κ3) is 3.84. The maximum absolute atomic E-state index is 12.1. The zero-order valence-corrected chi connectivity index (χ0v) is 13.2. The number of nitrogens with one attached hydrogen (secondary N) is 1. The Morgan fingerprint density at radius 3 is 2.42 bits per heavy atom. The van der Waals surface area contributed by atoms with E-state index >= 15 is 0 Å².